The number of halogens is 1. The fraction of sp³-hybridized carbons (Fsp3) is 0.533. The second-order valence-electron chi connectivity index (χ2n) is 5.57. The molecule has 0 radical (unpaired) electrons. The van der Waals surface area contributed by atoms with Gasteiger partial charge in [-0.15, -0.1) is 0 Å². The van der Waals surface area contributed by atoms with Crippen molar-refractivity contribution in [3.05, 3.63) is 34.3 Å². The Balaban J connectivity index is 1.76. The van der Waals surface area contributed by atoms with E-state index in [0.717, 1.165) is 10.0 Å². The number of hydrogen-bond acceptors (Lipinski definition) is 3. The van der Waals surface area contributed by atoms with Crippen LogP contribution in [0.25, 0.3) is 0 Å². The minimum atomic E-state index is -0.763. The first-order valence-electron chi connectivity index (χ1n) is 6.89. The third kappa shape index (κ3) is 4.30. The minimum Gasteiger partial charge on any atom is -0.481 e. The van der Waals surface area contributed by atoms with E-state index in [4.69, 9.17) is 5.11 Å². The van der Waals surface area contributed by atoms with Gasteiger partial charge in [0.05, 0.1) is 11.5 Å². The average molecular weight is 342 g/mol. The lowest BCUT2D eigenvalue weighted by Crippen LogP contribution is -2.44. The molecule has 0 unspecified atom stereocenters. The predicted molar refractivity (Wildman–Crippen MR) is 80.4 cm³/mol. The molecule has 0 atom stereocenters. The Morgan fingerprint density at radius 1 is 1.30 bits per heavy atom. The zero-order chi connectivity index (χ0) is 14.6. The first kappa shape index (κ1) is 15.5. The van der Waals surface area contributed by atoms with Gasteiger partial charge in [0, 0.05) is 17.6 Å². The first-order valence-corrected chi connectivity index (χ1v) is 7.68. The summed E-state index contributed by atoms with van der Waals surface area (Å²) in [6, 6.07) is 8.04. The van der Waals surface area contributed by atoms with Gasteiger partial charge < -0.3 is 15.5 Å². The molecule has 110 valence electrons. The van der Waals surface area contributed by atoms with Crippen LogP contribution < -0.4 is 5.32 Å². The number of aliphatic carboxylic acids is 1. The van der Waals surface area contributed by atoms with E-state index in [9.17, 15) is 9.90 Å². The molecule has 1 aliphatic rings. The van der Waals surface area contributed by atoms with Gasteiger partial charge in [0.15, 0.2) is 0 Å². The maximum absolute atomic E-state index is 10.9. The van der Waals surface area contributed by atoms with Crippen molar-refractivity contribution in [2.75, 3.05) is 6.54 Å². The minimum absolute atomic E-state index is 0.290. The quantitative estimate of drug-likeness (QED) is 0.769. The Kier molecular flexibility index (Phi) is 5.18. The standard InChI is InChI=1S/C15H20BrNO3/c16-13-3-1-11(2-4-13)9-17-10-15(20)7-5-12(6-8-15)14(18)19/h1-4,12,17,20H,5-10H2,(H,18,19). The molecule has 1 aromatic rings. The number of carbonyl (C=O) groups is 1. The average Bonchev–Trinajstić information content (AvgIpc) is 2.41. The molecule has 4 nitrogen and oxygen atoms in total. The Bertz CT molecular complexity index is 453. The van der Waals surface area contributed by atoms with E-state index in [1.807, 2.05) is 24.3 Å². The summed E-state index contributed by atoms with van der Waals surface area (Å²) >= 11 is 3.39. The van der Waals surface area contributed by atoms with Crippen molar-refractivity contribution in [1.82, 2.24) is 5.32 Å². The highest BCUT2D eigenvalue weighted by molar-refractivity contribution is 9.10. The molecule has 0 spiro atoms. The van der Waals surface area contributed by atoms with Crippen LogP contribution in [0, 0.1) is 5.92 Å². The summed E-state index contributed by atoms with van der Waals surface area (Å²) in [5.74, 6) is -1.03. The van der Waals surface area contributed by atoms with E-state index in [-0.39, 0.29) is 5.92 Å². The molecule has 3 N–H and O–H groups in total. The van der Waals surface area contributed by atoms with Gasteiger partial charge in [-0.25, -0.2) is 0 Å². The first-order chi connectivity index (χ1) is 9.48. The monoisotopic (exact) mass is 341 g/mol. The molecule has 1 aromatic carbocycles. The fourth-order valence-electron chi connectivity index (χ4n) is 2.62. The largest absolute Gasteiger partial charge is 0.481 e. The SMILES string of the molecule is O=C(O)C1CCC(O)(CNCc2ccc(Br)cc2)CC1. The molecular formula is C15H20BrNO3. The smallest absolute Gasteiger partial charge is 0.306 e. The molecule has 0 heterocycles. The Morgan fingerprint density at radius 3 is 2.45 bits per heavy atom. The summed E-state index contributed by atoms with van der Waals surface area (Å²) in [6.07, 6.45) is 2.23. The molecule has 1 aliphatic carbocycles. The van der Waals surface area contributed by atoms with Crippen LogP contribution in [0.5, 0.6) is 0 Å². The van der Waals surface area contributed by atoms with Gasteiger partial charge in [-0.05, 0) is 43.4 Å². The van der Waals surface area contributed by atoms with E-state index in [0.29, 0.717) is 38.8 Å². The molecule has 0 aliphatic heterocycles. The van der Waals surface area contributed by atoms with Crippen molar-refractivity contribution in [3.63, 3.8) is 0 Å². The van der Waals surface area contributed by atoms with E-state index >= 15 is 0 Å². The summed E-state index contributed by atoms with van der Waals surface area (Å²) < 4.78 is 1.05. The van der Waals surface area contributed by atoms with Gasteiger partial charge in [-0.1, -0.05) is 28.1 Å². The van der Waals surface area contributed by atoms with E-state index < -0.39 is 11.6 Å². The molecule has 20 heavy (non-hydrogen) atoms. The van der Waals surface area contributed by atoms with Crippen molar-refractivity contribution >= 4 is 21.9 Å². The Hall–Kier alpha value is -0.910. The summed E-state index contributed by atoms with van der Waals surface area (Å²) in [5.41, 5.74) is 0.400. The van der Waals surface area contributed by atoms with E-state index in [1.165, 1.54) is 0 Å². The van der Waals surface area contributed by atoms with Crippen molar-refractivity contribution in [2.24, 2.45) is 5.92 Å². The van der Waals surface area contributed by atoms with Gasteiger partial charge in [0.25, 0.3) is 0 Å². The summed E-state index contributed by atoms with van der Waals surface area (Å²) in [4.78, 5) is 10.9. The zero-order valence-electron chi connectivity index (χ0n) is 11.3. The van der Waals surface area contributed by atoms with Crippen molar-refractivity contribution < 1.29 is 15.0 Å². The lowest BCUT2D eigenvalue weighted by molar-refractivity contribution is -0.144. The lowest BCUT2D eigenvalue weighted by atomic mass is 9.79. The molecule has 1 saturated carbocycles. The van der Waals surface area contributed by atoms with Crippen LogP contribution in [0.2, 0.25) is 0 Å². The molecular weight excluding hydrogens is 322 g/mol. The van der Waals surface area contributed by atoms with Crippen LogP contribution in [-0.2, 0) is 11.3 Å². The van der Waals surface area contributed by atoms with Crippen molar-refractivity contribution in [1.29, 1.82) is 0 Å². The van der Waals surface area contributed by atoms with E-state index in [1.54, 1.807) is 0 Å². The van der Waals surface area contributed by atoms with Crippen molar-refractivity contribution in [2.45, 2.75) is 37.8 Å². The third-order valence-corrected chi connectivity index (χ3v) is 4.49. The highest BCUT2D eigenvalue weighted by Gasteiger charge is 2.35. The Morgan fingerprint density at radius 2 is 1.90 bits per heavy atom. The molecule has 0 saturated heterocycles. The van der Waals surface area contributed by atoms with Crippen molar-refractivity contribution in [3.8, 4) is 0 Å². The van der Waals surface area contributed by atoms with Crippen LogP contribution in [0.4, 0.5) is 0 Å². The van der Waals surface area contributed by atoms with Crippen LogP contribution in [0.1, 0.15) is 31.2 Å². The number of hydrogen-bond donors (Lipinski definition) is 3. The second kappa shape index (κ2) is 6.70. The predicted octanol–water partition coefficient (Wildman–Crippen LogP) is 2.54. The Labute approximate surface area is 127 Å². The topological polar surface area (TPSA) is 69.6 Å². The molecule has 5 heteroatoms. The van der Waals surface area contributed by atoms with Crippen LogP contribution in [0.15, 0.2) is 28.7 Å². The van der Waals surface area contributed by atoms with Crippen LogP contribution in [-0.4, -0.2) is 28.3 Å². The number of benzene rings is 1. The number of carboxylic acid groups (broad SMARTS) is 1. The second-order valence-corrected chi connectivity index (χ2v) is 6.48. The zero-order valence-corrected chi connectivity index (χ0v) is 12.9. The maximum Gasteiger partial charge on any atom is 0.306 e. The summed E-state index contributed by atoms with van der Waals surface area (Å²) in [6.45, 7) is 1.22. The van der Waals surface area contributed by atoms with Gasteiger partial charge in [0.1, 0.15) is 0 Å². The number of nitrogens with one attached hydrogen (secondary N) is 1. The third-order valence-electron chi connectivity index (χ3n) is 3.96. The molecule has 0 amide bonds. The number of aliphatic hydroxyl groups is 1. The van der Waals surface area contributed by atoms with Crippen LogP contribution in [0.3, 0.4) is 0 Å². The number of carboxylic acids is 1. The highest BCUT2D eigenvalue weighted by atomic mass is 79.9. The van der Waals surface area contributed by atoms with Gasteiger partial charge in [-0.3, -0.25) is 4.79 Å². The molecule has 0 aromatic heterocycles. The molecule has 1 fully saturated rings. The fourth-order valence-corrected chi connectivity index (χ4v) is 2.88. The van der Waals surface area contributed by atoms with E-state index in [2.05, 4.69) is 21.2 Å². The number of rotatable bonds is 5. The lowest BCUT2D eigenvalue weighted by Gasteiger charge is -2.34. The summed E-state index contributed by atoms with van der Waals surface area (Å²) in [5, 5.41) is 22.6. The van der Waals surface area contributed by atoms with Gasteiger partial charge in [0.2, 0.25) is 0 Å². The van der Waals surface area contributed by atoms with Gasteiger partial charge >= 0.3 is 5.97 Å². The maximum atomic E-state index is 10.9. The highest BCUT2D eigenvalue weighted by Crippen LogP contribution is 2.31. The van der Waals surface area contributed by atoms with Crippen LogP contribution >= 0.6 is 15.9 Å². The van der Waals surface area contributed by atoms with Gasteiger partial charge in [-0.2, -0.15) is 0 Å². The summed E-state index contributed by atoms with van der Waals surface area (Å²) in [7, 11) is 0. The normalized spacial score (nSPS) is 26.4. The molecule has 2 rings (SSSR count). The molecule has 0 bridgehead atoms.